The molecule has 2 heterocycles. The van der Waals surface area contributed by atoms with Crippen LogP contribution in [0.2, 0.25) is 4.34 Å². The quantitative estimate of drug-likeness (QED) is 0.742. The van der Waals surface area contributed by atoms with E-state index in [-0.39, 0.29) is 42.0 Å². The Morgan fingerprint density at radius 3 is 2.44 bits per heavy atom. The predicted octanol–water partition coefficient (Wildman–Crippen LogP) is 1.54. The molecule has 0 aliphatic carbocycles. The van der Waals surface area contributed by atoms with Gasteiger partial charge in [-0.25, -0.2) is 8.42 Å². The van der Waals surface area contributed by atoms with Crippen LogP contribution >= 0.6 is 22.9 Å². The molecule has 2 amide bonds. The molecule has 1 aliphatic heterocycles. The van der Waals surface area contributed by atoms with Crippen LogP contribution in [0.15, 0.2) is 16.3 Å². The highest BCUT2D eigenvalue weighted by Gasteiger charge is 2.31. The van der Waals surface area contributed by atoms with Crippen molar-refractivity contribution in [3.05, 3.63) is 16.5 Å². The number of carbonyl (C=O) groups excluding carboxylic acids is 2. The molecule has 0 bridgehead atoms. The molecule has 140 valence electrons. The summed E-state index contributed by atoms with van der Waals surface area (Å²) in [5.41, 5.74) is 0. The Labute approximate surface area is 157 Å². The van der Waals surface area contributed by atoms with E-state index in [1.807, 2.05) is 6.92 Å². The first-order valence-electron chi connectivity index (χ1n) is 8.14. The van der Waals surface area contributed by atoms with Crippen LogP contribution < -0.4 is 5.32 Å². The number of piperazine rings is 1. The number of amides is 2. The number of sulfonamides is 1. The monoisotopic (exact) mass is 407 g/mol. The van der Waals surface area contributed by atoms with Gasteiger partial charge in [-0.3, -0.25) is 9.59 Å². The molecule has 25 heavy (non-hydrogen) atoms. The third kappa shape index (κ3) is 5.40. The van der Waals surface area contributed by atoms with Crippen molar-refractivity contribution in [3.63, 3.8) is 0 Å². The van der Waals surface area contributed by atoms with Gasteiger partial charge in [0.15, 0.2) is 0 Å². The van der Waals surface area contributed by atoms with Crippen molar-refractivity contribution in [2.75, 3.05) is 32.7 Å². The number of nitrogens with one attached hydrogen (secondary N) is 1. The highest BCUT2D eigenvalue weighted by Crippen LogP contribution is 2.28. The Morgan fingerprint density at radius 1 is 1.20 bits per heavy atom. The van der Waals surface area contributed by atoms with Gasteiger partial charge in [0, 0.05) is 45.6 Å². The van der Waals surface area contributed by atoms with Crippen LogP contribution in [0.1, 0.15) is 26.2 Å². The van der Waals surface area contributed by atoms with E-state index in [9.17, 15) is 18.0 Å². The lowest BCUT2D eigenvalue weighted by molar-refractivity contribution is -0.134. The highest BCUT2D eigenvalue weighted by atomic mass is 35.5. The fraction of sp³-hybridized carbons (Fsp3) is 0.600. The fourth-order valence-electron chi connectivity index (χ4n) is 2.47. The van der Waals surface area contributed by atoms with Gasteiger partial charge in [0.25, 0.3) is 10.0 Å². The molecule has 1 fully saturated rings. The Bertz CT molecular complexity index is 712. The summed E-state index contributed by atoms with van der Waals surface area (Å²) < 4.78 is 27.0. The normalized spacial score (nSPS) is 16.0. The molecular weight excluding hydrogens is 386 g/mol. The van der Waals surface area contributed by atoms with Crippen LogP contribution in [-0.2, 0) is 19.6 Å². The second-order valence-corrected chi connectivity index (χ2v) is 9.57. The van der Waals surface area contributed by atoms with Gasteiger partial charge in [-0.2, -0.15) is 4.31 Å². The zero-order valence-corrected chi connectivity index (χ0v) is 16.4. The smallest absolute Gasteiger partial charge is 0.252 e. The molecule has 1 aromatic heterocycles. The molecular formula is C15H22ClN3O4S2. The molecule has 1 saturated heterocycles. The van der Waals surface area contributed by atoms with E-state index in [4.69, 9.17) is 11.6 Å². The number of thiophene rings is 1. The highest BCUT2D eigenvalue weighted by molar-refractivity contribution is 7.91. The zero-order chi connectivity index (χ0) is 18.4. The minimum absolute atomic E-state index is 0.122. The van der Waals surface area contributed by atoms with Crippen LogP contribution in [0, 0.1) is 0 Å². The van der Waals surface area contributed by atoms with Gasteiger partial charge in [-0.15, -0.1) is 11.3 Å². The van der Waals surface area contributed by atoms with E-state index in [0.717, 1.165) is 17.8 Å². The Hall–Kier alpha value is -1.16. The van der Waals surface area contributed by atoms with E-state index in [1.165, 1.54) is 10.4 Å². The van der Waals surface area contributed by atoms with Crippen molar-refractivity contribution < 1.29 is 18.0 Å². The van der Waals surface area contributed by atoms with Gasteiger partial charge in [-0.05, 0) is 18.6 Å². The first-order chi connectivity index (χ1) is 11.8. The van der Waals surface area contributed by atoms with E-state index >= 15 is 0 Å². The minimum atomic E-state index is -3.56. The number of nitrogens with zero attached hydrogens (tertiary/aromatic N) is 2. The van der Waals surface area contributed by atoms with Gasteiger partial charge in [0.05, 0.1) is 4.34 Å². The lowest BCUT2D eigenvalue weighted by Crippen LogP contribution is -2.50. The molecule has 1 aromatic rings. The van der Waals surface area contributed by atoms with Gasteiger partial charge in [0.1, 0.15) is 4.21 Å². The SMILES string of the molecule is CCCNC(=O)CCC(=O)N1CCN(S(=O)(=O)c2ccc(Cl)s2)CC1. The minimum Gasteiger partial charge on any atom is -0.356 e. The van der Waals surface area contributed by atoms with Crippen molar-refractivity contribution in [2.24, 2.45) is 0 Å². The summed E-state index contributed by atoms with van der Waals surface area (Å²) in [6.07, 6.45) is 1.15. The Balaban J connectivity index is 1.83. The van der Waals surface area contributed by atoms with Gasteiger partial charge in [-0.1, -0.05) is 18.5 Å². The van der Waals surface area contributed by atoms with Gasteiger partial charge < -0.3 is 10.2 Å². The van der Waals surface area contributed by atoms with E-state index in [1.54, 1.807) is 11.0 Å². The lowest BCUT2D eigenvalue weighted by atomic mass is 10.2. The van der Waals surface area contributed by atoms with Gasteiger partial charge in [0.2, 0.25) is 11.8 Å². The number of hydrogen-bond donors (Lipinski definition) is 1. The van der Waals surface area contributed by atoms with Crippen LogP contribution in [0.25, 0.3) is 0 Å². The molecule has 0 unspecified atom stereocenters. The van der Waals surface area contributed by atoms with E-state index < -0.39 is 10.0 Å². The second kappa shape index (κ2) is 8.98. The molecule has 0 radical (unpaired) electrons. The maximum Gasteiger partial charge on any atom is 0.252 e. The molecule has 0 atom stereocenters. The summed E-state index contributed by atoms with van der Waals surface area (Å²) in [6, 6.07) is 3.05. The molecule has 7 nitrogen and oxygen atoms in total. The average molecular weight is 408 g/mol. The first-order valence-corrected chi connectivity index (χ1v) is 10.8. The Kier molecular flexibility index (Phi) is 7.24. The summed E-state index contributed by atoms with van der Waals surface area (Å²) in [4.78, 5) is 25.3. The van der Waals surface area contributed by atoms with Crippen molar-refractivity contribution >= 4 is 44.8 Å². The van der Waals surface area contributed by atoms with E-state index in [2.05, 4.69) is 5.32 Å². The molecule has 10 heteroatoms. The van der Waals surface area contributed by atoms with E-state index in [0.29, 0.717) is 24.0 Å². The molecule has 0 aromatic carbocycles. The zero-order valence-electron chi connectivity index (χ0n) is 14.0. The van der Waals surface area contributed by atoms with Gasteiger partial charge >= 0.3 is 0 Å². The molecule has 0 saturated carbocycles. The fourth-order valence-corrected chi connectivity index (χ4v) is 5.53. The van der Waals surface area contributed by atoms with Crippen molar-refractivity contribution in [1.82, 2.24) is 14.5 Å². The maximum absolute atomic E-state index is 12.5. The van der Waals surface area contributed by atoms with Crippen LogP contribution in [0.5, 0.6) is 0 Å². The number of halogens is 1. The van der Waals surface area contributed by atoms with Crippen LogP contribution in [-0.4, -0.2) is 62.2 Å². The van der Waals surface area contributed by atoms with Crippen molar-refractivity contribution in [1.29, 1.82) is 0 Å². The largest absolute Gasteiger partial charge is 0.356 e. The molecule has 1 N–H and O–H groups in total. The molecule has 0 spiro atoms. The standard InChI is InChI=1S/C15H22ClN3O4S2/c1-2-7-17-13(20)4-5-14(21)18-8-10-19(11-9-18)25(22,23)15-6-3-12(16)24-15/h3,6H,2,4-5,7-11H2,1H3,(H,17,20). The molecule has 1 aliphatic rings. The summed E-state index contributed by atoms with van der Waals surface area (Å²) in [6.45, 7) is 3.71. The Morgan fingerprint density at radius 2 is 1.88 bits per heavy atom. The summed E-state index contributed by atoms with van der Waals surface area (Å²) >= 11 is 6.84. The summed E-state index contributed by atoms with van der Waals surface area (Å²) in [5.74, 6) is -0.256. The number of carbonyl (C=O) groups is 2. The van der Waals surface area contributed by atoms with Crippen LogP contribution in [0.4, 0.5) is 0 Å². The lowest BCUT2D eigenvalue weighted by Gasteiger charge is -2.33. The summed E-state index contributed by atoms with van der Waals surface area (Å²) in [7, 11) is -3.56. The third-order valence-corrected chi connectivity index (χ3v) is 7.47. The number of rotatable bonds is 7. The maximum atomic E-state index is 12.5. The average Bonchev–Trinajstić information content (AvgIpc) is 3.05. The second-order valence-electron chi connectivity index (χ2n) is 5.69. The third-order valence-electron chi connectivity index (χ3n) is 3.87. The number of hydrogen-bond acceptors (Lipinski definition) is 5. The predicted molar refractivity (Wildman–Crippen MR) is 97.2 cm³/mol. The van der Waals surface area contributed by atoms with Crippen LogP contribution in [0.3, 0.4) is 0 Å². The molecule has 2 rings (SSSR count). The summed E-state index contributed by atoms with van der Waals surface area (Å²) in [5, 5.41) is 2.73. The topological polar surface area (TPSA) is 86.8 Å². The van der Waals surface area contributed by atoms with Crippen molar-refractivity contribution in [2.45, 2.75) is 30.4 Å². The first kappa shape index (κ1) is 20.2. The van der Waals surface area contributed by atoms with Crippen molar-refractivity contribution in [3.8, 4) is 0 Å².